The van der Waals surface area contributed by atoms with Crippen molar-refractivity contribution in [3.8, 4) is 5.75 Å². The number of halogens is 1. The Morgan fingerprint density at radius 2 is 2.43 bits per heavy atom. The van der Waals surface area contributed by atoms with Crippen molar-refractivity contribution in [2.75, 3.05) is 18.1 Å². The van der Waals surface area contributed by atoms with E-state index in [1.54, 1.807) is 18.7 Å². The van der Waals surface area contributed by atoms with Crippen molar-refractivity contribution in [2.24, 2.45) is 5.73 Å². The zero-order valence-electron chi connectivity index (χ0n) is 12.0. The fraction of sp³-hybridized carbons (Fsp3) is 0.533. The van der Waals surface area contributed by atoms with E-state index >= 15 is 0 Å². The molecular formula is C15H20ClNO3S. The van der Waals surface area contributed by atoms with Crippen LogP contribution in [0.15, 0.2) is 18.2 Å². The molecule has 1 aromatic carbocycles. The lowest BCUT2D eigenvalue weighted by Crippen LogP contribution is -2.33. The van der Waals surface area contributed by atoms with Gasteiger partial charge >= 0.3 is 5.97 Å². The number of rotatable bonds is 7. The number of thioether (sulfide) groups is 1. The van der Waals surface area contributed by atoms with Gasteiger partial charge in [0.25, 0.3) is 0 Å². The average Bonchev–Trinajstić information content (AvgIpc) is 2.85. The maximum absolute atomic E-state index is 11.4. The molecule has 0 aromatic heterocycles. The third-order valence-corrected chi connectivity index (χ3v) is 4.60. The van der Waals surface area contributed by atoms with Crippen molar-refractivity contribution >= 4 is 29.3 Å². The standard InChI is InChI=1S/C15H20ClNO3S/c1-2-19-15(18)13(17)5-6-21-9-12-8-10-7-11(16)3-4-14(10)20-12/h3-4,7,12-13H,2,5-6,8-9,17H2,1H3. The Labute approximate surface area is 134 Å². The Morgan fingerprint density at radius 3 is 3.19 bits per heavy atom. The summed E-state index contributed by atoms with van der Waals surface area (Å²) in [5, 5.41) is 0.742. The van der Waals surface area contributed by atoms with Gasteiger partial charge in [-0.05, 0) is 42.9 Å². The van der Waals surface area contributed by atoms with E-state index in [-0.39, 0.29) is 12.1 Å². The van der Waals surface area contributed by atoms with Gasteiger partial charge in [0.1, 0.15) is 17.9 Å². The molecule has 1 heterocycles. The molecule has 0 fully saturated rings. The first kappa shape index (κ1) is 16.5. The summed E-state index contributed by atoms with van der Waals surface area (Å²) in [5.74, 6) is 2.30. The Hall–Kier alpha value is -0.910. The van der Waals surface area contributed by atoms with Gasteiger partial charge < -0.3 is 15.2 Å². The topological polar surface area (TPSA) is 61.5 Å². The minimum absolute atomic E-state index is 0.169. The molecule has 1 aliphatic rings. The van der Waals surface area contributed by atoms with Gasteiger partial charge in [-0.1, -0.05) is 11.6 Å². The molecule has 1 aromatic rings. The molecule has 0 aliphatic carbocycles. The normalized spacial score (nSPS) is 18.0. The van der Waals surface area contributed by atoms with Gasteiger partial charge in [0, 0.05) is 17.2 Å². The lowest BCUT2D eigenvalue weighted by molar-refractivity contribution is -0.144. The maximum Gasteiger partial charge on any atom is 0.322 e. The van der Waals surface area contributed by atoms with Gasteiger partial charge in [0.15, 0.2) is 0 Å². The number of benzene rings is 1. The van der Waals surface area contributed by atoms with Crippen molar-refractivity contribution in [3.63, 3.8) is 0 Å². The highest BCUT2D eigenvalue weighted by Gasteiger charge is 2.23. The molecule has 0 saturated heterocycles. The highest BCUT2D eigenvalue weighted by atomic mass is 35.5. The molecule has 0 saturated carbocycles. The van der Waals surface area contributed by atoms with Crippen LogP contribution in [0.5, 0.6) is 5.75 Å². The van der Waals surface area contributed by atoms with E-state index in [1.165, 1.54) is 0 Å². The van der Waals surface area contributed by atoms with Crippen LogP contribution in [0.2, 0.25) is 5.02 Å². The largest absolute Gasteiger partial charge is 0.489 e. The minimum Gasteiger partial charge on any atom is -0.489 e. The van der Waals surface area contributed by atoms with E-state index in [0.717, 1.165) is 34.3 Å². The van der Waals surface area contributed by atoms with Crippen LogP contribution in [0.25, 0.3) is 0 Å². The highest BCUT2D eigenvalue weighted by Crippen LogP contribution is 2.32. The Kier molecular flexibility index (Phi) is 6.21. The van der Waals surface area contributed by atoms with Crippen LogP contribution in [-0.2, 0) is 16.0 Å². The van der Waals surface area contributed by atoms with Gasteiger partial charge in [-0.2, -0.15) is 11.8 Å². The van der Waals surface area contributed by atoms with Crippen LogP contribution >= 0.6 is 23.4 Å². The summed E-state index contributed by atoms with van der Waals surface area (Å²) >= 11 is 7.71. The molecule has 21 heavy (non-hydrogen) atoms. The molecule has 2 rings (SSSR count). The van der Waals surface area contributed by atoms with Crippen molar-refractivity contribution < 1.29 is 14.3 Å². The SMILES string of the molecule is CCOC(=O)C(N)CCSCC1Cc2cc(Cl)ccc2O1. The van der Waals surface area contributed by atoms with E-state index in [4.69, 9.17) is 26.8 Å². The second-order valence-corrected chi connectivity index (χ2v) is 6.50. The van der Waals surface area contributed by atoms with E-state index in [2.05, 4.69) is 0 Å². The van der Waals surface area contributed by atoms with Crippen molar-refractivity contribution in [1.29, 1.82) is 0 Å². The Morgan fingerprint density at radius 1 is 1.62 bits per heavy atom. The van der Waals surface area contributed by atoms with Gasteiger partial charge in [0.2, 0.25) is 0 Å². The van der Waals surface area contributed by atoms with E-state index < -0.39 is 6.04 Å². The number of nitrogens with two attached hydrogens (primary N) is 1. The number of carbonyl (C=O) groups excluding carboxylic acids is 1. The molecule has 6 heteroatoms. The molecule has 0 radical (unpaired) electrons. The number of esters is 1. The molecule has 0 spiro atoms. The van der Waals surface area contributed by atoms with E-state index in [9.17, 15) is 4.79 Å². The summed E-state index contributed by atoms with van der Waals surface area (Å²) < 4.78 is 10.7. The summed E-state index contributed by atoms with van der Waals surface area (Å²) in [6.45, 7) is 2.15. The summed E-state index contributed by atoms with van der Waals surface area (Å²) in [6.07, 6.45) is 1.67. The lowest BCUT2D eigenvalue weighted by Gasteiger charge is -2.12. The van der Waals surface area contributed by atoms with E-state index in [0.29, 0.717) is 13.0 Å². The number of fused-ring (bicyclic) bond motifs is 1. The molecule has 4 nitrogen and oxygen atoms in total. The summed E-state index contributed by atoms with van der Waals surface area (Å²) in [7, 11) is 0. The van der Waals surface area contributed by atoms with Crippen LogP contribution in [0.3, 0.4) is 0 Å². The zero-order chi connectivity index (χ0) is 15.2. The minimum atomic E-state index is -0.530. The van der Waals surface area contributed by atoms with Crippen LogP contribution in [0.1, 0.15) is 18.9 Å². The van der Waals surface area contributed by atoms with Crippen molar-refractivity contribution in [1.82, 2.24) is 0 Å². The zero-order valence-corrected chi connectivity index (χ0v) is 13.6. The van der Waals surface area contributed by atoms with Crippen molar-refractivity contribution in [2.45, 2.75) is 31.9 Å². The Balaban J connectivity index is 1.66. The quantitative estimate of drug-likeness (QED) is 0.615. The first-order chi connectivity index (χ1) is 10.1. The predicted octanol–water partition coefficient (Wildman–Crippen LogP) is 2.66. The first-order valence-electron chi connectivity index (χ1n) is 7.05. The second-order valence-electron chi connectivity index (χ2n) is 4.92. The molecule has 0 amide bonds. The fourth-order valence-corrected chi connectivity index (χ4v) is 3.40. The monoisotopic (exact) mass is 329 g/mol. The smallest absolute Gasteiger partial charge is 0.322 e. The van der Waals surface area contributed by atoms with Gasteiger partial charge in [-0.25, -0.2) is 0 Å². The van der Waals surface area contributed by atoms with Crippen LogP contribution in [-0.4, -0.2) is 36.2 Å². The lowest BCUT2D eigenvalue weighted by atomic mass is 10.1. The van der Waals surface area contributed by atoms with Crippen LogP contribution in [0.4, 0.5) is 0 Å². The van der Waals surface area contributed by atoms with Gasteiger partial charge in [0.05, 0.1) is 6.61 Å². The van der Waals surface area contributed by atoms with Crippen molar-refractivity contribution in [3.05, 3.63) is 28.8 Å². The van der Waals surface area contributed by atoms with Gasteiger partial charge in [-0.3, -0.25) is 4.79 Å². The summed E-state index contributed by atoms with van der Waals surface area (Å²) in [5.41, 5.74) is 6.91. The number of hydrogen-bond acceptors (Lipinski definition) is 5. The number of hydrogen-bond donors (Lipinski definition) is 1. The molecule has 2 unspecified atom stereocenters. The molecular weight excluding hydrogens is 310 g/mol. The number of carbonyl (C=O) groups is 1. The third kappa shape index (κ3) is 4.80. The van der Waals surface area contributed by atoms with Gasteiger partial charge in [-0.15, -0.1) is 0 Å². The molecule has 1 aliphatic heterocycles. The molecule has 2 atom stereocenters. The first-order valence-corrected chi connectivity index (χ1v) is 8.58. The van der Waals surface area contributed by atoms with Crippen LogP contribution in [0, 0.1) is 0 Å². The number of ether oxygens (including phenoxy) is 2. The average molecular weight is 330 g/mol. The second kappa shape index (κ2) is 7.92. The summed E-state index contributed by atoms with van der Waals surface area (Å²) in [6, 6.07) is 5.18. The maximum atomic E-state index is 11.4. The fourth-order valence-electron chi connectivity index (χ4n) is 2.17. The van der Waals surface area contributed by atoms with E-state index in [1.807, 2.05) is 18.2 Å². The Bertz CT molecular complexity index is 498. The van der Waals surface area contributed by atoms with Crippen LogP contribution < -0.4 is 10.5 Å². The third-order valence-electron chi connectivity index (χ3n) is 3.23. The molecule has 116 valence electrons. The molecule has 0 bridgehead atoms. The molecule has 2 N–H and O–H groups in total. The predicted molar refractivity (Wildman–Crippen MR) is 86.1 cm³/mol. The highest BCUT2D eigenvalue weighted by molar-refractivity contribution is 7.99. The summed E-state index contributed by atoms with van der Waals surface area (Å²) in [4.78, 5) is 11.4.